The van der Waals surface area contributed by atoms with Crippen LogP contribution in [0.1, 0.15) is 6.92 Å². The van der Waals surface area contributed by atoms with Crippen LogP contribution in [0.5, 0.6) is 0 Å². The lowest BCUT2D eigenvalue weighted by atomic mass is 10.4. The van der Waals surface area contributed by atoms with Gasteiger partial charge in [-0.15, -0.1) is 0 Å². The van der Waals surface area contributed by atoms with Crippen LogP contribution in [0.3, 0.4) is 0 Å². The van der Waals surface area contributed by atoms with E-state index in [1.54, 1.807) is 6.92 Å². The van der Waals surface area contributed by atoms with E-state index < -0.39 is 0 Å². The SMILES string of the molecule is CON=C(C)C1=NOCCO1. The Morgan fingerprint density at radius 2 is 2.45 bits per heavy atom. The number of hydrogen-bond donors (Lipinski definition) is 0. The Morgan fingerprint density at radius 1 is 1.64 bits per heavy atom. The highest BCUT2D eigenvalue weighted by molar-refractivity contribution is 6.37. The smallest absolute Gasteiger partial charge is 0.275 e. The molecule has 1 aliphatic heterocycles. The van der Waals surface area contributed by atoms with E-state index in [9.17, 15) is 0 Å². The minimum atomic E-state index is 0.387. The minimum Gasteiger partial charge on any atom is -0.470 e. The predicted octanol–water partition coefficient (Wildman–Crippen LogP) is 0.369. The van der Waals surface area contributed by atoms with E-state index in [-0.39, 0.29) is 0 Å². The lowest BCUT2D eigenvalue weighted by Gasteiger charge is -2.11. The van der Waals surface area contributed by atoms with Gasteiger partial charge in [0, 0.05) is 0 Å². The lowest BCUT2D eigenvalue weighted by molar-refractivity contribution is 0.0671. The molecular weight excluding hydrogens is 148 g/mol. The van der Waals surface area contributed by atoms with E-state index in [1.165, 1.54) is 7.11 Å². The Kier molecular flexibility index (Phi) is 2.71. The summed E-state index contributed by atoms with van der Waals surface area (Å²) in [6.45, 7) is 2.73. The third-order valence-electron chi connectivity index (χ3n) is 1.10. The van der Waals surface area contributed by atoms with Gasteiger partial charge in [-0.3, -0.25) is 0 Å². The predicted molar refractivity (Wildman–Crippen MR) is 39.5 cm³/mol. The summed E-state index contributed by atoms with van der Waals surface area (Å²) in [6, 6.07) is 0. The van der Waals surface area contributed by atoms with Gasteiger partial charge < -0.3 is 14.4 Å². The fourth-order valence-electron chi connectivity index (χ4n) is 0.653. The van der Waals surface area contributed by atoms with E-state index in [1.807, 2.05) is 0 Å². The molecule has 1 rings (SSSR count). The molecule has 5 heteroatoms. The fraction of sp³-hybridized carbons (Fsp3) is 0.667. The van der Waals surface area contributed by atoms with E-state index in [0.717, 1.165) is 0 Å². The third-order valence-corrected chi connectivity index (χ3v) is 1.10. The van der Waals surface area contributed by atoms with E-state index in [2.05, 4.69) is 15.1 Å². The van der Waals surface area contributed by atoms with Crippen LogP contribution in [0.15, 0.2) is 10.3 Å². The number of oxime groups is 2. The van der Waals surface area contributed by atoms with Crippen LogP contribution in [-0.2, 0) is 14.4 Å². The molecule has 0 radical (unpaired) electrons. The van der Waals surface area contributed by atoms with Gasteiger partial charge in [0.25, 0.3) is 5.90 Å². The molecular formula is C6H10N2O3. The summed E-state index contributed by atoms with van der Waals surface area (Å²) in [4.78, 5) is 9.30. The van der Waals surface area contributed by atoms with E-state index in [4.69, 9.17) is 9.57 Å². The number of hydrogen-bond acceptors (Lipinski definition) is 5. The van der Waals surface area contributed by atoms with Crippen LogP contribution >= 0.6 is 0 Å². The van der Waals surface area contributed by atoms with Gasteiger partial charge in [0.2, 0.25) is 0 Å². The summed E-state index contributed by atoms with van der Waals surface area (Å²) in [5.74, 6) is 0.387. The molecule has 0 atom stereocenters. The molecule has 0 N–H and O–H groups in total. The molecule has 1 aliphatic rings. The molecule has 0 aliphatic carbocycles. The molecule has 0 amide bonds. The van der Waals surface area contributed by atoms with Gasteiger partial charge in [0.05, 0.1) is 0 Å². The number of ether oxygens (including phenoxy) is 1. The zero-order chi connectivity index (χ0) is 8.10. The van der Waals surface area contributed by atoms with Crippen molar-refractivity contribution < 1.29 is 14.4 Å². The summed E-state index contributed by atoms with van der Waals surface area (Å²) < 4.78 is 5.11. The first kappa shape index (κ1) is 7.84. The van der Waals surface area contributed by atoms with Crippen LogP contribution in [0, 0.1) is 0 Å². The van der Waals surface area contributed by atoms with Crippen molar-refractivity contribution in [3.8, 4) is 0 Å². The molecule has 0 spiro atoms. The van der Waals surface area contributed by atoms with Crippen molar-refractivity contribution in [2.45, 2.75) is 6.92 Å². The Labute approximate surface area is 64.6 Å². The topological polar surface area (TPSA) is 52.4 Å². The van der Waals surface area contributed by atoms with Crippen molar-refractivity contribution in [2.24, 2.45) is 10.3 Å². The van der Waals surface area contributed by atoms with Gasteiger partial charge >= 0.3 is 0 Å². The maximum absolute atomic E-state index is 5.11. The third kappa shape index (κ3) is 2.10. The van der Waals surface area contributed by atoms with Crippen molar-refractivity contribution in [2.75, 3.05) is 20.3 Å². The zero-order valence-electron chi connectivity index (χ0n) is 6.53. The van der Waals surface area contributed by atoms with Crippen molar-refractivity contribution >= 4 is 11.6 Å². The maximum atomic E-state index is 5.11. The molecule has 1 heterocycles. The number of rotatable bonds is 2. The molecule has 11 heavy (non-hydrogen) atoms. The molecule has 0 saturated heterocycles. The van der Waals surface area contributed by atoms with Crippen molar-refractivity contribution in [3.63, 3.8) is 0 Å². The van der Waals surface area contributed by atoms with Gasteiger partial charge in [0.15, 0.2) is 6.61 Å². The molecule has 5 nitrogen and oxygen atoms in total. The van der Waals surface area contributed by atoms with Crippen LogP contribution in [0.25, 0.3) is 0 Å². The van der Waals surface area contributed by atoms with Crippen molar-refractivity contribution in [3.05, 3.63) is 0 Å². The molecule has 0 bridgehead atoms. The summed E-state index contributed by atoms with van der Waals surface area (Å²) in [6.07, 6.45) is 0. The lowest BCUT2D eigenvalue weighted by Crippen LogP contribution is -2.22. The monoisotopic (exact) mass is 158 g/mol. The quantitative estimate of drug-likeness (QED) is 0.431. The molecule has 0 unspecified atom stereocenters. The van der Waals surface area contributed by atoms with Gasteiger partial charge in [0.1, 0.15) is 19.4 Å². The second-order valence-corrected chi connectivity index (χ2v) is 1.94. The minimum absolute atomic E-state index is 0.387. The average molecular weight is 158 g/mol. The first-order valence-corrected chi connectivity index (χ1v) is 3.25. The molecule has 0 aromatic rings. The Morgan fingerprint density at radius 3 is 3.00 bits per heavy atom. The first-order valence-electron chi connectivity index (χ1n) is 3.25. The molecule has 0 fully saturated rings. The van der Waals surface area contributed by atoms with Crippen molar-refractivity contribution in [1.82, 2.24) is 0 Å². The van der Waals surface area contributed by atoms with Crippen molar-refractivity contribution in [1.29, 1.82) is 0 Å². The second-order valence-electron chi connectivity index (χ2n) is 1.94. The summed E-state index contributed by atoms with van der Waals surface area (Å²) >= 11 is 0. The Balaban J connectivity index is 2.58. The van der Waals surface area contributed by atoms with E-state index in [0.29, 0.717) is 24.8 Å². The average Bonchev–Trinajstić information content (AvgIpc) is 2.07. The Hall–Kier alpha value is -1.26. The maximum Gasteiger partial charge on any atom is 0.275 e. The zero-order valence-corrected chi connectivity index (χ0v) is 6.53. The van der Waals surface area contributed by atoms with Crippen LogP contribution in [-0.4, -0.2) is 31.9 Å². The second kappa shape index (κ2) is 3.80. The molecule has 0 aromatic heterocycles. The van der Waals surface area contributed by atoms with Gasteiger partial charge in [-0.2, -0.15) is 0 Å². The molecule has 0 aromatic carbocycles. The number of nitrogens with zero attached hydrogens (tertiary/aromatic N) is 2. The van der Waals surface area contributed by atoms with Crippen LogP contribution in [0.2, 0.25) is 0 Å². The van der Waals surface area contributed by atoms with Gasteiger partial charge in [-0.1, -0.05) is 5.16 Å². The van der Waals surface area contributed by atoms with E-state index >= 15 is 0 Å². The van der Waals surface area contributed by atoms with Crippen LogP contribution in [0.4, 0.5) is 0 Å². The molecule has 62 valence electrons. The Bertz CT molecular complexity index is 188. The largest absolute Gasteiger partial charge is 0.470 e. The summed E-state index contributed by atoms with van der Waals surface area (Å²) in [5.41, 5.74) is 0.576. The highest BCUT2D eigenvalue weighted by atomic mass is 16.7. The van der Waals surface area contributed by atoms with Gasteiger partial charge in [-0.05, 0) is 12.1 Å². The first-order chi connectivity index (χ1) is 5.34. The van der Waals surface area contributed by atoms with Crippen LogP contribution < -0.4 is 0 Å². The normalized spacial score (nSPS) is 18.0. The standard InChI is InChI=1S/C6H10N2O3/c1-5(7-9-2)6-8-11-4-3-10-6/h3-4H2,1-2H3. The summed E-state index contributed by atoms with van der Waals surface area (Å²) in [5, 5.41) is 7.26. The summed E-state index contributed by atoms with van der Waals surface area (Å²) in [7, 11) is 1.47. The van der Waals surface area contributed by atoms with Gasteiger partial charge in [-0.25, -0.2) is 0 Å². The molecule has 0 saturated carbocycles. The fourth-order valence-corrected chi connectivity index (χ4v) is 0.653. The highest BCUT2D eigenvalue weighted by Gasteiger charge is 2.10. The highest BCUT2D eigenvalue weighted by Crippen LogP contribution is 1.96.